The third-order valence-corrected chi connectivity index (χ3v) is 7.65. The van der Waals surface area contributed by atoms with Gasteiger partial charge in [0.25, 0.3) is 11.2 Å². The summed E-state index contributed by atoms with van der Waals surface area (Å²) in [7, 11) is 1.26. The van der Waals surface area contributed by atoms with E-state index in [1.807, 2.05) is 13.8 Å². The number of nitro groups is 1. The van der Waals surface area contributed by atoms with Gasteiger partial charge in [0.05, 0.1) is 41.4 Å². The maximum atomic E-state index is 13.8. The highest BCUT2D eigenvalue weighted by atomic mass is 35.5. The van der Waals surface area contributed by atoms with Crippen LogP contribution in [0.1, 0.15) is 31.2 Å². The van der Waals surface area contributed by atoms with Crippen molar-refractivity contribution in [3.8, 4) is 22.8 Å². The zero-order chi connectivity index (χ0) is 30.0. The van der Waals surface area contributed by atoms with E-state index in [1.54, 1.807) is 42.5 Å². The number of nitrogens with zero attached hydrogens (tertiary/aromatic N) is 3. The Balaban J connectivity index is 1.59. The molecule has 4 aromatic rings. The lowest BCUT2D eigenvalue weighted by Gasteiger charge is -2.23. The van der Waals surface area contributed by atoms with Crippen LogP contribution in [0.2, 0.25) is 5.02 Å². The Morgan fingerprint density at radius 3 is 2.62 bits per heavy atom. The second kappa shape index (κ2) is 12.0. The maximum Gasteiger partial charge on any atom is 0.337 e. The van der Waals surface area contributed by atoms with Crippen LogP contribution in [0.4, 0.5) is 5.69 Å². The Morgan fingerprint density at radius 2 is 1.90 bits per heavy atom. The topological polar surface area (TPSA) is 135 Å². The number of fused-ring (bicyclic) bond motifs is 1. The zero-order valence-corrected chi connectivity index (χ0v) is 24.2. The number of esters is 1. The lowest BCUT2D eigenvalue weighted by molar-refractivity contribution is -0.384. The predicted molar refractivity (Wildman–Crippen MR) is 156 cm³/mol. The standard InChI is InChI=1S/C29H24ClN3O8S/c1-4-39-23-10-7-17(13-24(23)40-5-2)26-19(28(35)38-3)15-31-29-32(26)27(34)25(42-29)14-18-8-11-22(41-18)16-6-9-20(30)21(12-16)33(36)37/h6-15,26H,4-5H2,1-3H3/b25-14+/t26-/m0/s1. The molecule has 42 heavy (non-hydrogen) atoms. The fourth-order valence-electron chi connectivity index (χ4n) is 4.51. The summed E-state index contributed by atoms with van der Waals surface area (Å²) >= 11 is 7.05. The molecule has 1 aliphatic rings. The van der Waals surface area contributed by atoms with Crippen LogP contribution >= 0.6 is 22.9 Å². The third-order valence-electron chi connectivity index (χ3n) is 6.34. The summed E-state index contributed by atoms with van der Waals surface area (Å²) < 4.78 is 24.1. The number of aromatic nitrogens is 1. The molecule has 0 aliphatic carbocycles. The van der Waals surface area contributed by atoms with Crippen LogP contribution < -0.4 is 24.4 Å². The highest BCUT2D eigenvalue weighted by Crippen LogP contribution is 2.35. The number of nitro benzene ring substituents is 1. The smallest absolute Gasteiger partial charge is 0.337 e. The number of benzene rings is 2. The van der Waals surface area contributed by atoms with Gasteiger partial charge in [0, 0.05) is 23.9 Å². The molecule has 1 atom stereocenters. The molecule has 0 N–H and O–H groups in total. The van der Waals surface area contributed by atoms with Crippen LogP contribution in [0.25, 0.3) is 17.4 Å². The predicted octanol–water partition coefficient (Wildman–Crippen LogP) is 4.64. The second-order valence-corrected chi connectivity index (χ2v) is 10.3. The number of hydrogen-bond acceptors (Lipinski definition) is 10. The van der Waals surface area contributed by atoms with E-state index < -0.39 is 22.5 Å². The fourth-order valence-corrected chi connectivity index (χ4v) is 5.64. The van der Waals surface area contributed by atoms with Crippen molar-refractivity contribution in [1.82, 2.24) is 4.57 Å². The first kappa shape index (κ1) is 28.8. The highest BCUT2D eigenvalue weighted by molar-refractivity contribution is 7.07. The molecule has 0 radical (unpaired) electrons. The molecule has 0 saturated carbocycles. The van der Waals surface area contributed by atoms with E-state index in [9.17, 15) is 19.7 Å². The molecule has 1 aliphatic heterocycles. The molecule has 0 amide bonds. The number of halogens is 1. The second-order valence-electron chi connectivity index (χ2n) is 8.87. The molecule has 0 bridgehead atoms. The molecule has 3 heterocycles. The summed E-state index contributed by atoms with van der Waals surface area (Å²) in [6, 6.07) is 12.0. The Bertz CT molecular complexity index is 1910. The lowest BCUT2D eigenvalue weighted by atomic mass is 9.97. The van der Waals surface area contributed by atoms with E-state index in [4.69, 9.17) is 30.2 Å². The van der Waals surface area contributed by atoms with E-state index >= 15 is 0 Å². The molecule has 2 aromatic carbocycles. The Hall–Kier alpha value is -4.68. The van der Waals surface area contributed by atoms with Crippen LogP contribution in [0.3, 0.4) is 0 Å². The normalized spacial score (nSPS) is 14.5. The molecule has 0 spiro atoms. The van der Waals surface area contributed by atoms with Gasteiger partial charge in [-0.3, -0.25) is 19.5 Å². The van der Waals surface area contributed by atoms with Crippen molar-refractivity contribution in [3.63, 3.8) is 0 Å². The molecule has 11 nitrogen and oxygen atoms in total. The van der Waals surface area contributed by atoms with E-state index in [2.05, 4.69) is 4.99 Å². The molecular weight excluding hydrogens is 586 g/mol. The van der Waals surface area contributed by atoms with Crippen molar-refractivity contribution in [3.05, 3.63) is 106 Å². The van der Waals surface area contributed by atoms with Crippen LogP contribution in [-0.4, -0.2) is 35.8 Å². The first-order valence-corrected chi connectivity index (χ1v) is 14.0. The molecular formula is C29H24ClN3O8S. The summed E-state index contributed by atoms with van der Waals surface area (Å²) in [6.45, 7) is 4.53. The summed E-state index contributed by atoms with van der Waals surface area (Å²) in [5.41, 5.74) is 0.586. The minimum absolute atomic E-state index is 0.0124. The van der Waals surface area contributed by atoms with Gasteiger partial charge in [-0.25, -0.2) is 9.79 Å². The average Bonchev–Trinajstić information content (AvgIpc) is 3.58. The van der Waals surface area contributed by atoms with Gasteiger partial charge in [-0.1, -0.05) is 29.0 Å². The molecule has 0 unspecified atom stereocenters. The lowest BCUT2D eigenvalue weighted by Crippen LogP contribution is -2.39. The summed E-state index contributed by atoms with van der Waals surface area (Å²) in [4.78, 5) is 42.0. The van der Waals surface area contributed by atoms with E-state index in [-0.39, 0.29) is 16.3 Å². The summed E-state index contributed by atoms with van der Waals surface area (Å²) in [5.74, 6) is 1.09. The largest absolute Gasteiger partial charge is 0.490 e. The SMILES string of the molecule is CCOc1ccc([C@H]2C(C(=O)OC)=CN=c3s/c(=C/c4ccc(-c5ccc(Cl)c([N+](=O)[O-])c5)o4)c(=O)n32)cc1OCC. The number of furan rings is 1. The number of carbonyl (C=O) groups excluding carboxylic acids is 1. The van der Waals surface area contributed by atoms with Crippen molar-refractivity contribution < 1.29 is 28.3 Å². The molecule has 0 saturated heterocycles. The van der Waals surface area contributed by atoms with Gasteiger partial charge >= 0.3 is 5.97 Å². The summed E-state index contributed by atoms with van der Waals surface area (Å²) in [5, 5.41) is 11.3. The van der Waals surface area contributed by atoms with Gasteiger partial charge in [0.2, 0.25) is 0 Å². The van der Waals surface area contributed by atoms with Crippen LogP contribution in [-0.2, 0) is 9.53 Å². The van der Waals surface area contributed by atoms with E-state index in [1.165, 1.54) is 30.0 Å². The van der Waals surface area contributed by atoms with Gasteiger partial charge in [-0.2, -0.15) is 0 Å². The first-order chi connectivity index (χ1) is 20.2. The van der Waals surface area contributed by atoms with Crippen molar-refractivity contribution in [1.29, 1.82) is 0 Å². The minimum atomic E-state index is -0.840. The minimum Gasteiger partial charge on any atom is -0.490 e. The van der Waals surface area contributed by atoms with Gasteiger partial charge in [0.15, 0.2) is 16.3 Å². The molecule has 216 valence electrons. The van der Waals surface area contributed by atoms with Crippen molar-refractivity contribution in [2.24, 2.45) is 4.99 Å². The first-order valence-electron chi connectivity index (χ1n) is 12.8. The molecule has 2 aromatic heterocycles. The van der Waals surface area contributed by atoms with Crippen LogP contribution in [0, 0.1) is 10.1 Å². The van der Waals surface area contributed by atoms with Crippen molar-refractivity contribution >= 4 is 40.7 Å². The van der Waals surface area contributed by atoms with Gasteiger partial charge in [-0.15, -0.1) is 0 Å². The molecule has 13 heteroatoms. The van der Waals surface area contributed by atoms with Gasteiger partial charge in [0.1, 0.15) is 16.5 Å². The van der Waals surface area contributed by atoms with E-state index in [0.717, 1.165) is 11.3 Å². The number of rotatable bonds is 9. The van der Waals surface area contributed by atoms with Crippen LogP contribution in [0.15, 0.2) is 74.5 Å². The van der Waals surface area contributed by atoms with Crippen molar-refractivity contribution in [2.75, 3.05) is 20.3 Å². The van der Waals surface area contributed by atoms with Crippen molar-refractivity contribution in [2.45, 2.75) is 19.9 Å². The number of thiazole rings is 1. The average molecular weight is 610 g/mol. The fraction of sp³-hybridized carbons (Fsp3) is 0.207. The Morgan fingerprint density at radius 1 is 1.14 bits per heavy atom. The Kier molecular flexibility index (Phi) is 8.27. The van der Waals surface area contributed by atoms with Crippen LogP contribution in [0.5, 0.6) is 11.5 Å². The van der Waals surface area contributed by atoms with E-state index in [0.29, 0.717) is 56.7 Å². The molecule has 5 rings (SSSR count). The van der Waals surface area contributed by atoms with Gasteiger partial charge < -0.3 is 18.6 Å². The number of methoxy groups -OCH3 is 1. The quantitative estimate of drug-likeness (QED) is 0.152. The maximum absolute atomic E-state index is 13.8. The monoisotopic (exact) mass is 609 g/mol. The summed E-state index contributed by atoms with van der Waals surface area (Å²) in [6.07, 6.45) is 2.96. The number of ether oxygens (including phenoxy) is 3. The zero-order valence-electron chi connectivity index (χ0n) is 22.7. The third kappa shape index (κ3) is 5.46. The van der Waals surface area contributed by atoms with Gasteiger partial charge in [-0.05, 0) is 55.8 Å². The number of hydrogen-bond donors (Lipinski definition) is 0. The Labute approximate surface area is 247 Å². The highest BCUT2D eigenvalue weighted by Gasteiger charge is 2.31. The number of carbonyl (C=O) groups is 1. The molecule has 0 fully saturated rings.